The first-order chi connectivity index (χ1) is 9.20. The molecule has 19 heavy (non-hydrogen) atoms. The van der Waals surface area contributed by atoms with Crippen molar-refractivity contribution in [3.8, 4) is 0 Å². The lowest BCUT2D eigenvalue weighted by molar-refractivity contribution is 0.0939. The Bertz CT molecular complexity index is 556. The molecule has 0 radical (unpaired) electrons. The fourth-order valence-corrected chi connectivity index (χ4v) is 1.75. The summed E-state index contributed by atoms with van der Waals surface area (Å²) < 4.78 is 0. The van der Waals surface area contributed by atoms with E-state index in [-0.39, 0.29) is 11.9 Å². The van der Waals surface area contributed by atoms with Gasteiger partial charge in [0.25, 0.3) is 5.91 Å². The molecule has 3 N–H and O–H groups in total. The largest absolute Gasteiger partial charge is 0.346 e. The number of amides is 1. The van der Waals surface area contributed by atoms with Crippen LogP contribution >= 0.6 is 0 Å². The zero-order chi connectivity index (χ0) is 13.7. The molecule has 0 saturated carbocycles. The molecule has 0 spiro atoms. The standard InChI is InChI=1S/C14H16N4O/c1-10(11-2-5-16-6-3-11)18-14(19)12-4-7-17-13(8-12)9-15/h2-8,10H,9,15H2,1H3,(H,18,19)/t10-/m0/s1. The second kappa shape index (κ2) is 6.06. The van der Waals surface area contributed by atoms with Crippen LogP contribution in [0.25, 0.3) is 0 Å². The van der Waals surface area contributed by atoms with E-state index in [4.69, 9.17) is 5.73 Å². The van der Waals surface area contributed by atoms with Crippen molar-refractivity contribution in [3.63, 3.8) is 0 Å². The van der Waals surface area contributed by atoms with E-state index < -0.39 is 0 Å². The van der Waals surface area contributed by atoms with Gasteiger partial charge in [0.15, 0.2) is 0 Å². The number of pyridine rings is 2. The Kier molecular flexibility index (Phi) is 4.20. The van der Waals surface area contributed by atoms with E-state index in [2.05, 4.69) is 15.3 Å². The first kappa shape index (κ1) is 13.2. The molecule has 0 fully saturated rings. The molecular formula is C14H16N4O. The highest BCUT2D eigenvalue weighted by molar-refractivity contribution is 5.94. The van der Waals surface area contributed by atoms with Gasteiger partial charge < -0.3 is 11.1 Å². The first-order valence-corrected chi connectivity index (χ1v) is 6.06. The van der Waals surface area contributed by atoms with Crippen molar-refractivity contribution in [2.45, 2.75) is 19.5 Å². The molecule has 98 valence electrons. The molecule has 1 atom stereocenters. The number of nitrogens with two attached hydrogens (primary N) is 1. The Balaban J connectivity index is 2.08. The normalized spacial score (nSPS) is 11.9. The first-order valence-electron chi connectivity index (χ1n) is 6.06. The van der Waals surface area contributed by atoms with E-state index in [1.807, 2.05) is 19.1 Å². The molecule has 2 rings (SSSR count). The summed E-state index contributed by atoms with van der Waals surface area (Å²) in [6.07, 6.45) is 5.00. The van der Waals surface area contributed by atoms with Crippen LogP contribution < -0.4 is 11.1 Å². The van der Waals surface area contributed by atoms with Crippen LogP contribution in [0.15, 0.2) is 42.9 Å². The van der Waals surface area contributed by atoms with Crippen molar-refractivity contribution >= 4 is 5.91 Å². The summed E-state index contributed by atoms with van der Waals surface area (Å²) in [4.78, 5) is 20.1. The van der Waals surface area contributed by atoms with E-state index in [0.717, 1.165) is 5.56 Å². The van der Waals surface area contributed by atoms with Gasteiger partial charge in [-0.05, 0) is 36.8 Å². The summed E-state index contributed by atoms with van der Waals surface area (Å²) in [5.41, 5.74) is 7.79. The predicted molar refractivity (Wildman–Crippen MR) is 72.2 cm³/mol. The number of hydrogen-bond donors (Lipinski definition) is 2. The maximum absolute atomic E-state index is 12.1. The second-order valence-corrected chi connectivity index (χ2v) is 4.22. The minimum absolute atomic E-state index is 0.0787. The van der Waals surface area contributed by atoms with E-state index in [1.54, 1.807) is 30.7 Å². The summed E-state index contributed by atoms with van der Waals surface area (Å²) in [5, 5.41) is 2.93. The number of carbonyl (C=O) groups excluding carboxylic acids is 1. The third-order valence-corrected chi connectivity index (χ3v) is 2.84. The van der Waals surface area contributed by atoms with Gasteiger partial charge in [0.1, 0.15) is 0 Å². The lowest BCUT2D eigenvalue weighted by Crippen LogP contribution is -2.26. The average molecular weight is 256 g/mol. The maximum atomic E-state index is 12.1. The van der Waals surface area contributed by atoms with Crippen LogP contribution in [0.4, 0.5) is 0 Å². The van der Waals surface area contributed by atoms with Crippen molar-refractivity contribution in [1.82, 2.24) is 15.3 Å². The van der Waals surface area contributed by atoms with E-state index >= 15 is 0 Å². The zero-order valence-electron chi connectivity index (χ0n) is 10.7. The summed E-state index contributed by atoms with van der Waals surface area (Å²) in [6, 6.07) is 7.05. The smallest absolute Gasteiger partial charge is 0.251 e. The van der Waals surface area contributed by atoms with Crippen LogP contribution in [0, 0.1) is 0 Å². The molecule has 0 aliphatic rings. The zero-order valence-corrected chi connectivity index (χ0v) is 10.7. The minimum atomic E-state index is -0.138. The summed E-state index contributed by atoms with van der Waals surface area (Å²) in [5.74, 6) is -0.138. The summed E-state index contributed by atoms with van der Waals surface area (Å²) >= 11 is 0. The number of rotatable bonds is 4. The Morgan fingerprint density at radius 2 is 2.05 bits per heavy atom. The maximum Gasteiger partial charge on any atom is 0.251 e. The molecular weight excluding hydrogens is 240 g/mol. The van der Waals surface area contributed by atoms with E-state index in [9.17, 15) is 4.79 Å². The van der Waals surface area contributed by atoms with E-state index in [1.165, 1.54) is 0 Å². The van der Waals surface area contributed by atoms with Gasteiger partial charge in [0, 0.05) is 30.7 Å². The Morgan fingerprint density at radius 1 is 1.32 bits per heavy atom. The molecule has 0 bridgehead atoms. The average Bonchev–Trinajstić information content (AvgIpc) is 2.48. The van der Waals surface area contributed by atoms with E-state index in [0.29, 0.717) is 17.8 Å². The van der Waals surface area contributed by atoms with Crippen LogP contribution in [0.1, 0.15) is 34.6 Å². The fraction of sp³-hybridized carbons (Fsp3) is 0.214. The number of carbonyl (C=O) groups is 1. The van der Waals surface area contributed by atoms with Crippen molar-refractivity contribution in [3.05, 3.63) is 59.7 Å². The Labute approximate surface area is 111 Å². The van der Waals surface area contributed by atoms with Gasteiger partial charge in [-0.25, -0.2) is 0 Å². The van der Waals surface area contributed by atoms with Gasteiger partial charge in [0.05, 0.1) is 11.7 Å². The molecule has 2 heterocycles. The highest BCUT2D eigenvalue weighted by atomic mass is 16.1. The third kappa shape index (κ3) is 3.35. The predicted octanol–water partition coefficient (Wildman–Crippen LogP) is 1.43. The fourth-order valence-electron chi connectivity index (χ4n) is 1.75. The van der Waals surface area contributed by atoms with Crippen molar-refractivity contribution in [2.24, 2.45) is 5.73 Å². The number of nitrogens with zero attached hydrogens (tertiary/aromatic N) is 2. The molecule has 0 saturated heterocycles. The quantitative estimate of drug-likeness (QED) is 0.867. The molecule has 1 amide bonds. The number of aromatic nitrogens is 2. The summed E-state index contributed by atoms with van der Waals surface area (Å²) in [6.45, 7) is 2.25. The van der Waals surface area contributed by atoms with Crippen molar-refractivity contribution in [2.75, 3.05) is 0 Å². The molecule has 0 aliphatic heterocycles. The van der Waals surface area contributed by atoms with Crippen LogP contribution in [0.5, 0.6) is 0 Å². The molecule has 5 heteroatoms. The second-order valence-electron chi connectivity index (χ2n) is 4.22. The monoisotopic (exact) mass is 256 g/mol. The van der Waals surface area contributed by atoms with Crippen LogP contribution in [0.3, 0.4) is 0 Å². The Hall–Kier alpha value is -2.27. The number of nitrogens with one attached hydrogen (secondary N) is 1. The third-order valence-electron chi connectivity index (χ3n) is 2.84. The van der Waals surface area contributed by atoms with Gasteiger partial charge in [0.2, 0.25) is 0 Å². The van der Waals surface area contributed by atoms with Crippen LogP contribution in [-0.4, -0.2) is 15.9 Å². The molecule has 0 unspecified atom stereocenters. The minimum Gasteiger partial charge on any atom is -0.346 e. The SMILES string of the molecule is C[C@H](NC(=O)c1ccnc(CN)c1)c1ccncc1. The summed E-state index contributed by atoms with van der Waals surface area (Å²) in [7, 11) is 0. The van der Waals surface area contributed by atoms with Gasteiger partial charge in [-0.2, -0.15) is 0 Å². The van der Waals surface area contributed by atoms with Gasteiger partial charge in [-0.1, -0.05) is 0 Å². The van der Waals surface area contributed by atoms with Crippen molar-refractivity contribution < 1.29 is 4.79 Å². The number of hydrogen-bond acceptors (Lipinski definition) is 4. The molecule has 0 aromatic carbocycles. The topological polar surface area (TPSA) is 80.9 Å². The van der Waals surface area contributed by atoms with Gasteiger partial charge in [-0.3, -0.25) is 14.8 Å². The van der Waals surface area contributed by atoms with Crippen LogP contribution in [0.2, 0.25) is 0 Å². The molecule has 5 nitrogen and oxygen atoms in total. The highest BCUT2D eigenvalue weighted by Gasteiger charge is 2.11. The van der Waals surface area contributed by atoms with Gasteiger partial charge >= 0.3 is 0 Å². The van der Waals surface area contributed by atoms with Gasteiger partial charge in [-0.15, -0.1) is 0 Å². The highest BCUT2D eigenvalue weighted by Crippen LogP contribution is 2.11. The molecule has 0 aliphatic carbocycles. The lowest BCUT2D eigenvalue weighted by atomic mass is 10.1. The van der Waals surface area contributed by atoms with Crippen LogP contribution in [-0.2, 0) is 6.54 Å². The Morgan fingerprint density at radius 3 is 2.74 bits per heavy atom. The van der Waals surface area contributed by atoms with Crippen molar-refractivity contribution in [1.29, 1.82) is 0 Å². The molecule has 2 aromatic rings. The molecule has 2 aromatic heterocycles. The lowest BCUT2D eigenvalue weighted by Gasteiger charge is -2.14.